The Morgan fingerprint density at radius 1 is 1.20 bits per heavy atom. The van der Waals surface area contributed by atoms with E-state index in [2.05, 4.69) is 29.2 Å². The molecule has 1 aliphatic heterocycles. The van der Waals surface area contributed by atoms with Crippen LogP contribution in [-0.4, -0.2) is 16.0 Å². The number of rotatable bonds is 3. The summed E-state index contributed by atoms with van der Waals surface area (Å²) in [7, 11) is 0. The number of anilines is 1. The van der Waals surface area contributed by atoms with Crippen molar-refractivity contribution in [3.05, 3.63) is 76.9 Å². The van der Waals surface area contributed by atoms with Crippen LogP contribution in [0, 0.1) is 6.92 Å². The molecule has 25 heavy (non-hydrogen) atoms. The van der Waals surface area contributed by atoms with Crippen molar-refractivity contribution >= 4 is 11.6 Å². The Balaban J connectivity index is 1.62. The van der Waals surface area contributed by atoms with Crippen molar-refractivity contribution in [1.29, 1.82) is 0 Å². The number of hydrogen-bond donors (Lipinski definition) is 0. The molecule has 5 nitrogen and oxygen atoms in total. The van der Waals surface area contributed by atoms with Gasteiger partial charge in [-0.15, -0.1) is 0 Å². The van der Waals surface area contributed by atoms with Gasteiger partial charge in [-0.25, -0.2) is 0 Å². The van der Waals surface area contributed by atoms with E-state index in [-0.39, 0.29) is 11.9 Å². The van der Waals surface area contributed by atoms with Crippen LogP contribution in [0.15, 0.2) is 53.1 Å². The molecule has 0 spiro atoms. The second kappa shape index (κ2) is 6.16. The number of para-hydroxylation sites is 1. The molecule has 1 aliphatic rings. The molecular weight excluding hydrogens is 314 g/mol. The molecule has 126 valence electrons. The van der Waals surface area contributed by atoms with Gasteiger partial charge in [0, 0.05) is 25.5 Å². The lowest BCUT2D eigenvalue weighted by Gasteiger charge is -2.21. The topological polar surface area (TPSA) is 59.2 Å². The maximum absolute atomic E-state index is 12.2. The number of nitrogens with zero attached hydrogens (tertiary/aromatic N) is 3. The summed E-state index contributed by atoms with van der Waals surface area (Å²) in [4.78, 5) is 18.5. The second-order valence-corrected chi connectivity index (χ2v) is 6.39. The summed E-state index contributed by atoms with van der Waals surface area (Å²) >= 11 is 0. The van der Waals surface area contributed by atoms with E-state index in [9.17, 15) is 4.79 Å². The van der Waals surface area contributed by atoms with Gasteiger partial charge >= 0.3 is 0 Å². The number of aryl methyl sites for hydroxylation is 1. The van der Waals surface area contributed by atoms with Crippen LogP contribution in [-0.2, 0) is 17.6 Å². The van der Waals surface area contributed by atoms with E-state index in [0.717, 1.165) is 11.3 Å². The van der Waals surface area contributed by atoms with Gasteiger partial charge in [0.15, 0.2) is 5.82 Å². The van der Waals surface area contributed by atoms with Gasteiger partial charge in [-0.1, -0.05) is 47.6 Å². The molecule has 0 unspecified atom stereocenters. The monoisotopic (exact) mass is 333 g/mol. The third kappa shape index (κ3) is 2.82. The molecule has 1 amide bonds. The summed E-state index contributed by atoms with van der Waals surface area (Å²) < 4.78 is 5.52. The van der Waals surface area contributed by atoms with E-state index in [1.807, 2.05) is 36.4 Å². The number of amides is 1. The standard InChI is InChI=1S/C20H19N3O2/c1-13-7-3-4-8-15(13)12-19-21-20(25-22-19)18-11-16-9-5-6-10-17(16)23(18)14(2)24/h3-10,18H,11-12H2,1-2H3/t18-/m0/s1. The van der Waals surface area contributed by atoms with Gasteiger partial charge in [0.25, 0.3) is 0 Å². The Hall–Kier alpha value is -2.95. The van der Waals surface area contributed by atoms with Crippen LogP contribution in [0.3, 0.4) is 0 Å². The van der Waals surface area contributed by atoms with Gasteiger partial charge in [-0.3, -0.25) is 9.69 Å². The predicted molar refractivity (Wildman–Crippen MR) is 94.3 cm³/mol. The SMILES string of the molecule is CC(=O)N1c2ccccc2C[C@H]1c1nc(Cc2ccccc2C)no1. The molecule has 5 heteroatoms. The molecule has 0 saturated heterocycles. The summed E-state index contributed by atoms with van der Waals surface area (Å²) in [5.74, 6) is 1.12. The Kier molecular flexibility index (Phi) is 3.84. The molecule has 4 rings (SSSR count). The van der Waals surface area contributed by atoms with E-state index in [0.29, 0.717) is 24.6 Å². The third-order valence-electron chi connectivity index (χ3n) is 4.69. The van der Waals surface area contributed by atoms with Gasteiger partial charge in [-0.2, -0.15) is 4.98 Å². The molecule has 3 aromatic rings. The lowest BCUT2D eigenvalue weighted by molar-refractivity contribution is -0.117. The summed E-state index contributed by atoms with van der Waals surface area (Å²) in [5.41, 5.74) is 4.43. The molecule has 1 aromatic heterocycles. The fourth-order valence-electron chi connectivity index (χ4n) is 3.43. The Bertz CT molecular complexity index is 932. The van der Waals surface area contributed by atoms with Crippen LogP contribution >= 0.6 is 0 Å². The van der Waals surface area contributed by atoms with E-state index in [1.165, 1.54) is 11.1 Å². The largest absolute Gasteiger partial charge is 0.337 e. The van der Waals surface area contributed by atoms with Crippen molar-refractivity contribution < 1.29 is 9.32 Å². The van der Waals surface area contributed by atoms with E-state index in [1.54, 1.807) is 11.8 Å². The first-order chi connectivity index (χ1) is 12.1. The fourth-order valence-corrected chi connectivity index (χ4v) is 3.43. The van der Waals surface area contributed by atoms with E-state index < -0.39 is 0 Å². The average molecular weight is 333 g/mol. The van der Waals surface area contributed by atoms with Crippen LogP contribution in [0.2, 0.25) is 0 Å². The fraction of sp³-hybridized carbons (Fsp3) is 0.250. The van der Waals surface area contributed by atoms with Crippen LogP contribution in [0.4, 0.5) is 5.69 Å². The smallest absolute Gasteiger partial charge is 0.250 e. The zero-order valence-corrected chi connectivity index (χ0v) is 14.3. The first-order valence-corrected chi connectivity index (χ1v) is 8.38. The highest BCUT2D eigenvalue weighted by atomic mass is 16.5. The van der Waals surface area contributed by atoms with Gasteiger partial charge in [-0.05, 0) is 29.7 Å². The highest BCUT2D eigenvalue weighted by Gasteiger charge is 2.36. The normalized spacial score (nSPS) is 16.1. The minimum Gasteiger partial charge on any atom is -0.337 e. The highest BCUT2D eigenvalue weighted by Crippen LogP contribution is 2.39. The Labute approximate surface area is 146 Å². The van der Waals surface area contributed by atoms with Crippen molar-refractivity contribution in [1.82, 2.24) is 10.1 Å². The molecule has 2 aromatic carbocycles. The molecule has 1 atom stereocenters. The molecule has 0 N–H and O–H groups in total. The molecule has 0 saturated carbocycles. The zero-order chi connectivity index (χ0) is 17.4. The quantitative estimate of drug-likeness (QED) is 0.734. The van der Waals surface area contributed by atoms with Crippen molar-refractivity contribution in [3.63, 3.8) is 0 Å². The van der Waals surface area contributed by atoms with Gasteiger partial charge < -0.3 is 4.52 Å². The number of carbonyl (C=O) groups is 1. The maximum Gasteiger partial charge on any atom is 0.250 e. The van der Waals surface area contributed by atoms with Crippen LogP contribution < -0.4 is 4.90 Å². The van der Waals surface area contributed by atoms with Crippen molar-refractivity contribution in [2.75, 3.05) is 4.90 Å². The minimum atomic E-state index is -0.229. The van der Waals surface area contributed by atoms with Crippen LogP contribution in [0.25, 0.3) is 0 Å². The first kappa shape index (κ1) is 15.6. The molecule has 0 aliphatic carbocycles. The minimum absolute atomic E-state index is 0.0198. The van der Waals surface area contributed by atoms with Crippen LogP contribution in [0.1, 0.15) is 41.4 Å². The maximum atomic E-state index is 12.2. The molecule has 0 bridgehead atoms. The summed E-state index contributed by atoms with van der Waals surface area (Å²) in [5, 5.41) is 4.13. The van der Waals surface area contributed by atoms with Crippen molar-refractivity contribution in [3.8, 4) is 0 Å². The number of aromatic nitrogens is 2. The van der Waals surface area contributed by atoms with Crippen molar-refractivity contribution in [2.24, 2.45) is 0 Å². The number of fused-ring (bicyclic) bond motifs is 1. The number of benzene rings is 2. The average Bonchev–Trinajstić information content (AvgIpc) is 3.21. The molecular formula is C20H19N3O2. The molecule has 2 heterocycles. The number of hydrogen-bond acceptors (Lipinski definition) is 4. The van der Waals surface area contributed by atoms with Gasteiger partial charge in [0.05, 0.1) is 0 Å². The lowest BCUT2D eigenvalue weighted by atomic mass is 10.1. The van der Waals surface area contributed by atoms with Gasteiger partial charge in [0.2, 0.25) is 11.8 Å². The Morgan fingerprint density at radius 3 is 2.76 bits per heavy atom. The van der Waals surface area contributed by atoms with E-state index in [4.69, 9.17) is 4.52 Å². The Morgan fingerprint density at radius 2 is 1.96 bits per heavy atom. The lowest BCUT2D eigenvalue weighted by Crippen LogP contribution is -2.30. The first-order valence-electron chi connectivity index (χ1n) is 8.38. The summed E-state index contributed by atoms with van der Waals surface area (Å²) in [6.45, 7) is 3.64. The number of carbonyl (C=O) groups excluding carboxylic acids is 1. The zero-order valence-electron chi connectivity index (χ0n) is 14.3. The van der Waals surface area contributed by atoms with E-state index >= 15 is 0 Å². The van der Waals surface area contributed by atoms with Gasteiger partial charge in [0.1, 0.15) is 6.04 Å². The second-order valence-electron chi connectivity index (χ2n) is 6.39. The summed E-state index contributed by atoms with van der Waals surface area (Å²) in [6, 6.07) is 15.9. The van der Waals surface area contributed by atoms with Crippen molar-refractivity contribution in [2.45, 2.75) is 32.7 Å². The predicted octanol–water partition coefficient (Wildman–Crippen LogP) is 3.62. The third-order valence-corrected chi connectivity index (χ3v) is 4.69. The molecule has 0 fully saturated rings. The highest BCUT2D eigenvalue weighted by molar-refractivity contribution is 5.94. The van der Waals surface area contributed by atoms with Crippen LogP contribution in [0.5, 0.6) is 0 Å². The summed E-state index contributed by atoms with van der Waals surface area (Å²) in [6.07, 6.45) is 1.32. The molecule has 0 radical (unpaired) electrons.